The summed E-state index contributed by atoms with van der Waals surface area (Å²) in [6.07, 6.45) is 5.31. The highest BCUT2D eigenvalue weighted by atomic mass is 16.5. The molecule has 31 heavy (non-hydrogen) atoms. The molecule has 0 radical (unpaired) electrons. The molecule has 3 aromatic carbocycles. The molecule has 4 rings (SSSR count). The van der Waals surface area contributed by atoms with Gasteiger partial charge in [0.1, 0.15) is 17.2 Å². The van der Waals surface area contributed by atoms with E-state index in [4.69, 9.17) is 14.2 Å². The molecule has 1 aliphatic heterocycles. The Balaban J connectivity index is 1.40. The number of ether oxygens (including phenoxy) is 3. The van der Waals surface area contributed by atoms with E-state index in [9.17, 15) is 9.59 Å². The lowest BCUT2D eigenvalue weighted by Gasteiger charge is -2.07. The van der Waals surface area contributed by atoms with Gasteiger partial charge in [0.15, 0.2) is 18.1 Å². The van der Waals surface area contributed by atoms with Gasteiger partial charge in [0.05, 0.1) is 12.7 Å². The van der Waals surface area contributed by atoms with Crippen LogP contribution in [0.5, 0.6) is 17.2 Å². The van der Waals surface area contributed by atoms with Crippen LogP contribution in [-0.2, 0) is 0 Å². The number of ketones is 2. The first kappa shape index (κ1) is 20.2. The second-order valence-electron chi connectivity index (χ2n) is 6.83. The van der Waals surface area contributed by atoms with Crippen molar-refractivity contribution in [3.63, 3.8) is 0 Å². The second kappa shape index (κ2) is 9.13. The zero-order valence-electron chi connectivity index (χ0n) is 16.9. The van der Waals surface area contributed by atoms with Crippen LogP contribution in [0.3, 0.4) is 0 Å². The van der Waals surface area contributed by atoms with E-state index in [2.05, 4.69) is 0 Å². The quantitative estimate of drug-likeness (QED) is 0.398. The van der Waals surface area contributed by atoms with E-state index >= 15 is 0 Å². The minimum atomic E-state index is -0.187. The molecular formula is C26H20O5. The third-order valence-corrected chi connectivity index (χ3v) is 4.76. The highest BCUT2D eigenvalue weighted by Gasteiger charge is 2.27. The molecule has 0 atom stereocenters. The zero-order valence-corrected chi connectivity index (χ0v) is 16.9. The minimum Gasteiger partial charge on any atom is -0.497 e. The van der Waals surface area contributed by atoms with Gasteiger partial charge >= 0.3 is 0 Å². The van der Waals surface area contributed by atoms with Crippen molar-refractivity contribution in [2.75, 3.05) is 13.7 Å². The van der Waals surface area contributed by atoms with Crippen LogP contribution in [0.25, 0.3) is 6.08 Å². The van der Waals surface area contributed by atoms with Crippen LogP contribution in [0.2, 0.25) is 0 Å². The SMILES string of the molecule is COc1ccc(C(=O)COc2ccc3c(c2)O/C(=C/C=C/c2ccccc2)C3=O)cc1. The fourth-order valence-electron chi connectivity index (χ4n) is 3.09. The van der Waals surface area contributed by atoms with Gasteiger partial charge in [-0.2, -0.15) is 0 Å². The van der Waals surface area contributed by atoms with Gasteiger partial charge < -0.3 is 14.2 Å². The topological polar surface area (TPSA) is 61.8 Å². The molecular weight excluding hydrogens is 392 g/mol. The van der Waals surface area contributed by atoms with Crippen molar-refractivity contribution in [3.8, 4) is 17.2 Å². The van der Waals surface area contributed by atoms with Crippen LogP contribution in [0.4, 0.5) is 0 Å². The molecule has 0 aliphatic carbocycles. The third kappa shape index (κ3) is 4.73. The number of carbonyl (C=O) groups excluding carboxylic acids is 2. The molecule has 0 amide bonds. The zero-order chi connectivity index (χ0) is 21.6. The van der Waals surface area contributed by atoms with E-state index < -0.39 is 0 Å². The third-order valence-electron chi connectivity index (χ3n) is 4.76. The molecule has 1 aliphatic rings. The average molecular weight is 412 g/mol. The largest absolute Gasteiger partial charge is 0.497 e. The number of rotatable bonds is 7. The summed E-state index contributed by atoms with van der Waals surface area (Å²) in [5.41, 5.74) is 2.02. The first-order chi connectivity index (χ1) is 15.1. The van der Waals surface area contributed by atoms with E-state index in [0.717, 1.165) is 5.56 Å². The molecule has 5 nitrogen and oxygen atoms in total. The summed E-state index contributed by atoms with van der Waals surface area (Å²) in [6.45, 7) is -0.123. The molecule has 0 saturated carbocycles. The Labute approximate surface area is 180 Å². The molecule has 0 N–H and O–H groups in total. The molecule has 5 heteroatoms. The number of benzene rings is 3. The predicted molar refractivity (Wildman–Crippen MR) is 118 cm³/mol. The number of carbonyl (C=O) groups is 2. The van der Waals surface area contributed by atoms with E-state index in [-0.39, 0.29) is 23.9 Å². The van der Waals surface area contributed by atoms with Crippen molar-refractivity contribution in [3.05, 3.63) is 107 Å². The molecule has 0 fully saturated rings. The highest BCUT2D eigenvalue weighted by Crippen LogP contribution is 2.34. The first-order valence-corrected chi connectivity index (χ1v) is 9.74. The van der Waals surface area contributed by atoms with E-state index in [1.165, 1.54) is 0 Å². The van der Waals surface area contributed by atoms with Gasteiger partial charge in [-0.05, 0) is 48.0 Å². The Kier molecular flexibility index (Phi) is 5.94. The molecule has 0 spiro atoms. The predicted octanol–water partition coefficient (Wildman–Crippen LogP) is 5.13. The summed E-state index contributed by atoms with van der Waals surface area (Å²) in [7, 11) is 1.57. The van der Waals surface area contributed by atoms with Crippen LogP contribution >= 0.6 is 0 Å². The smallest absolute Gasteiger partial charge is 0.231 e. The maximum Gasteiger partial charge on any atom is 0.231 e. The van der Waals surface area contributed by atoms with Crippen molar-refractivity contribution in [2.24, 2.45) is 0 Å². The minimum absolute atomic E-state index is 0.123. The van der Waals surface area contributed by atoms with Crippen molar-refractivity contribution >= 4 is 17.6 Å². The fourth-order valence-corrected chi connectivity index (χ4v) is 3.09. The lowest BCUT2D eigenvalue weighted by Crippen LogP contribution is -2.11. The van der Waals surface area contributed by atoms with Gasteiger partial charge in [0.2, 0.25) is 5.78 Å². The molecule has 0 bridgehead atoms. The van der Waals surface area contributed by atoms with Crippen LogP contribution in [0, 0.1) is 0 Å². The number of Topliss-reactive ketones (excluding diaryl/α,β-unsaturated/α-hetero) is 2. The van der Waals surface area contributed by atoms with E-state index in [1.54, 1.807) is 61.7 Å². The second-order valence-corrected chi connectivity index (χ2v) is 6.83. The highest BCUT2D eigenvalue weighted by molar-refractivity contribution is 6.12. The molecule has 0 unspecified atom stereocenters. The monoisotopic (exact) mass is 412 g/mol. The van der Waals surface area contributed by atoms with Crippen LogP contribution in [0.1, 0.15) is 26.3 Å². The van der Waals surface area contributed by atoms with Crippen LogP contribution in [0.15, 0.2) is 90.7 Å². The summed E-state index contributed by atoms with van der Waals surface area (Å²) < 4.78 is 16.4. The molecule has 1 heterocycles. The summed E-state index contributed by atoms with van der Waals surface area (Å²) in [5, 5.41) is 0. The number of hydrogen-bond donors (Lipinski definition) is 0. The summed E-state index contributed by atoms with van der Waals surface area (Å²) >= 11 is 0. The van der Waals surface area contributed by atoms with Crippen molar-refractivity contribution in [1.29, 1.82) is 0 Å². The summed E-state index contributed by atoms with van der Waals surface area (Å²) in [4.78, 5) is 24.8. The normalized spacial score (nSPS) is 13.8. The molecule has 0 aromatic heterocycles. The fraction of sp³-hybridized carbons (Fsp3) is 0.0769. The Morgan fingerprint density at radius 3 is 2.45 bits per heavy atom. The van der Waals surface area contributed by atoms with E-state index in [0.29, 0.717) is 28.4 Å². The van der Waals surface area contributed by atoms with Gasteiger partial charge in [-0.25, -0.2) is 0 Å². The molecule has 154 valence electrons. The Hall–Kier alpha value is -4.12. The Morgan fingerprint density at radius 1 is 0.968 bits per heavy atom. The maximum atomic E-state index is 12.5. The van der Waals surface area contributed by atoms with Crippen molar-refractivity contribution in [2.45, 2.75) is 0 Å². The van der Waals surface area contributed by atoms with Gasteiger partial charge in [0.25, 0.3) is 0 Å². The first-order valence-electron chi connectivity index (χ1n) is 9.74. The van der Waals surface area contributed by atoms with Gasteiger partial charge in [-0.3, -0.25) is 9.59 Å². The van der Waals surface area contributed by atoms with Crippen molar-refractivity contribution in [1.82, 2.24) is 0 Å². The van der Waals surface area contributed by atoms with Gasteiger partial charge in [0, 0.05) is 11.6 Å². The van der Waals surface area contributed by atoms with E-state index in [1.807, 2.05) is 36.4 Å². The Morgan fingerprint density at radius 2 is 1.71 bits per heavy atom. The standard InChI is InChI=1S/C26H20O5/c1-29-20-12-10-19(11-13-20)23(27)17-30-21-14-15-22-25(16-21)31-24(26(22)28)9-5-8-18-6-3-2-4-7-18/h2-16H,17H2,1H3/b8-5+,24-9+. The Bertz CT molecular complexity index is 1160. The number of methoxy groups -OCH3 is 1. The van der Waals surface area contributed by atoms with Gasteiger partial charge in [-0.15, -0.1) is 0 Å². The van der Waals surface area contributed by atoms with Crippen LogP contribution in [-0.4, -0.2) is 25.3 Å². The van der Waals surface area contributed by atoms with Gasteiger partial charge in [-0.1, -0.05) is 42.5 Å². The summed E-state index contributed by atoms with van der Waals surface area (Å²) in [5.74, 6) is 1.45. The summed E-state index contributed by atoms with van der Waals surface area (Å²) in [6, 6.07) is 21.5. The molecule has 0 saturated heterocycles. The lowest BCUT2D eigenvalue weighted by molar-refractivity contribution is 0.0920. The number of fused-ring (bicyclic) bond motifs is 1. The maximum absolute atomic E-state index is 12.5. The lowest BCUT2D eigenvalue weighted by atomic mass is 10.1. The van der Waals surface area contributed by atoms with Crippen LogP contribution < -0.4 is 14.2 Å². The number of hydrogen-bond acceptors (Lipinski definition) is 5. The average Bonchev–Trinajstić information content (AvgIpc) is 3.13. The van der Waals surface area contributed by atoms with Crippen molar-refractivity contribution < 1.29 is 23.8 Å². The number of allylic oxidation sites excluding steroid dienone is 3. The molecule has 3 aromatic rings.